The molecule has 40 heavy (non-hydrogen) atoms. The molecule has 6 nitrogen and oxygen atoms in total. The van der Waals surface area contributed by atoms with E-state index in [0.29, 0.717) is 38.4 Å². The van der Waals surface area contributed by atoms with Crippen molar-refractivity contribution < 1.29 is 28.5 Å². The highest BCUT2D eigenvalue weighted by Crippen LogP contribution is 2.25. The maximum absolute atomic E-state index is 11.8. The summed E-state index contributed by atoms with van der Waals surface area (Å²) in [6.07, 6.45) is 7.59. The summed E-state index contributed by atoms with van der Waals surface area (Å²) in [4.78, 5) is 23.1. The first-order chi connectivity index (χ1) is 19.5. The number of hydrogen-bond donors (Lipinski definition) is 0. The quantitative estimate of drug-likeness (QED) is 0.100. The molecule has 6 heteroatoms. The molecule has 0 bridgehead atoms. The zero-order valence-corrected chi connectivity index (χ0v) is 23.2. The Kier molecular flexibility index (Phi) is 13.1. The molecule has 0 saturated carbocycles. The van der Waals surface area contributed by atoms with E-state index in [1.54, 1.807) is 13.0 Å². The lowest BCUT2D eigenvalue weighted by molar-refractivity contribution is -0.139. The maximum Gasteiger partial charge on any atom is 0.333 e. The van der Waals surface area contributed by atoms with Crippen LogP contribution in [-0.4, -0.2) is 38.4 Å². The largest absolute Gasteiger partial charge is 0.494 e. The van der Waals surface area contributed by atoms with Crippen LogP contribution < -0.4 is 9.47 Å². The number of carbonyl (C=O) groups is 2. The van der Waals surface area contributed by atoms with Crippen molar-refractivity contribution in [2.24, 2.45) is 0 Å². The number of ether oxygens (including phenoxy) is 4. The predicted octanol–water partition coefficient (Wildman–Crippen LogP) is 7.44. The van der Waals surface area contributed by atoms with Gasteiger partial charge in [-0.2, -0.15) is 0 Å². The van der Waals surface area contributed by atoms with Gasteiger partial charge in [0.25, 0.3) is 0 Å². The fourth-order valence-electron chi connectivity index (χ4n) is 3.72. The van der Waals surface area contributed by atoms with E-state index in [1.807, 2.05) is 78.9 Å². The van der Waals surface area contributed by atoms with Crippen LogP contribution in [0.3, 0.4) is 0 Å². The predicted molar refractivity (Wildman–Crippen MR) is 158 cm³/mol. The summed E-state index contributed by atoms with van der Waals surface area (Å²) in [5, 5.41) is 0. The molecule has 0 unspecified atom stereocenters. The van der Waals surface area contributed by atoms with E-state index in [2.05, 4.69) is 6.58 Å². The van der Waals surface area contributed by atoms with Crippen molar-refractivity contribution in [1.29, 1.82) is 0 Å². The van der Waals surface area contributed by atoms with E-state index in [-0.39, 0.29) is 11.9 Å². The first-order valence-electron chi connectivity index (χ1n) is 13.7. The van der Waals surface area contributed by atoms with Gasteiger partial charge in [0, 0.05) is 18.1 Å². The van der Waals surface area contributed by atoms with E-state index in [9.17, 15) is 9.59 Å². The minimum absolute atomic E-state index is 0.303. The van der Waals surface area contributed by atoms with Crippen molar-refractivity contribution in [3.8, 4) is 22.6 Å². The number of unbranched alkanes of at least 4 members (excludes halogenated alkanes) is 3. The molecular weight excluding hydrogens is 504 g/mol. The Morgan fingerprint density at radius 3 is 1.75 bits per heavy atom. The van der Waals surface area contributed by atoms with E-state index < -0.39 is 0 Å². The first-order valence-corrected chi connectivity index (χ1v) is 13.7. The molecule has 3 aromatic rings. The van der Waals surface area contributed by atoms with Crippen LogP contribution in [0.5, 0.6) is 11.5 Å². The van der Waals surface area contributed by atoms with Crippen LogP contribution >= 0.6 is 0 Å². The van der Waals surface area contributed by atoms with E-state index in [1.165, 1.54) is 6.08 Å². The topological polar surface area (TPSA) is 71.1 Å². The SMILES string of the molecule is C=C(C)C(=O)OCCCCCCOc1ccc(-c2ccc(OCCCOC(=O)/C=C/c3ccccc3)cc2)cc1. The summed E-state index contributed by atoms with van der Waals surface area (Å²) in [7, 11) is 0. The van der Waals surface area contributed by atoms with Crippen LogP contribution in [0.25, 0.3) is 17.2 Å². The third-order valence-corrected chi connectivity index (χ3v) is 5.94. The van der Waals surface area contributed by atoms with Crippen molar-refractivity contribution >= 4 is 18.0 Å². The molecule has 0 spiro atoms. The molecule has 0 radical (unpaired) electrons. The molecular formula is C34H38O6. The molecule has 0 fully saturated rings. The first kappa shape index (κ1) is 30.2. The standard InChI is InChI=1S/C34H38O6/c1-27(2)34(36)40-24-9-4-3-8-23-37-31-18-14-29(15-19-31)30-16-20-32(21-17-30)38-25-10-26-39-33(35)22-13-28-11-6-5-7-12-28/h5-7,11-22H,1,3-4,8-10,23-26H2,2H3/b22-13+. The number of rotatable bonds is 17. The van der Waals surface area contributed by atoms with Crippen molar-refractivity contribution in [2.45, 2.75) is 39.0 Å². The molecule has 0 atom stereocenters. The van der Waals surface area contributed by atoms with Gasteiger partial charge in [-0.1, -0.05) is 61.2 Å². The van der Waals surface area contributed by atoms with Gasteiger partial charge in [0.15, 0.2) is 0 Å². The zero-order valence-electron chi connectivity index (χ0n) is 23.2. The number of benzene rings is 3. The molecule has 0 saturated heterocycles. The summed E-state index contributed by atoms with van der Waals surface area (Å²) in [6, 6.07) is 25.6. The van der Waals surface area contributed by atoms with Crippen molar-refractivity contribution in [2.75, 3.05) is 26.4 Å². The average molecular weight is 543 g/mol. The molecule has 3 rings (SSSR count). The summed E-state index contributed by atoms with van der Waals surface area (Å²) in [6.45, 7) is 7.07. The zero-order chi connectivity index (χ0) is 28.4. The fraction of sp³-hybridized carbons (Fsp3) is 0.294. The lowest BCUT2D eigenvalue weighted by Crippen LogP contribution is -2.06. The van der Waals surface area contributed by atoms with Gasteiger partial charge in [0.05, 0.1) is 26.4 Å². The molecule has 0 aromatic heterocycles. The van der Waals surface area contributed by atoms with Gasteiger partial charge in [-0.25, -0.2) is 9.59 Å². The second-order valence-corrected chi connectivity index (χ2v) is 9.34. The van der Waals surface area contributed by atoms with Gasteiger partial charge in [-0.05, 0) is 79.6 Å². The minimum atomic E-state index is -0.361. The fourth-order valence-corrected chi connectivity index (χ4v) is 3.72. The van der Waals surface area contributed by atoms with Crippen LogP contribution in [0.4, 0.5) is 0 Å². The number of hydrogen-bond acceptors (Lipinski definition) is 6. The Balaban J connectivity index is 1.27. The Morgan fingerprint density at radius 2 is 1.18 bits per heavy atom. The highest BCUT2D eigenvalue weighted by atomic mass is 16.5. The van der Waals surface area contributed by atoms with E-state index in [0.717, 1.165) is 53.9 Å². The third-order valence-electron chi connectivity index (χ3n) is 5.94. The Labute approximate surface area is 237 Å². The van der Waals surface area contributed by atoms with Crippen molar-refractivity contribution in [1.82, 2.24) is 0 Å². The van der Waals surface area contributed by atoms with Crippen LogP contribution in [0.1, 0.15) is 44.6 Å². The molecule has 0 amide bonds. The summed E-state index contributed by atoms with van der Waals surface area (Å²) >= 11 is 0. The Hall–Kier alpha value is -4.32. The molecule has 0 heterocycles. The van der Waals surface area contributed by atoms with Gasteiger partial charge in [-0.15, -0.1) is 0 Å². The second-order valence-electron chi connectivity index (χ2n) is 9.34. The molecule has 0 aliphatic rings. The lowest BCUT2D eigenvalue weighted by atomic mass is 10.1. The van der Waals surface area contributed by atoms with Crippen molar-refractivity contribution in [3.63, 3.8) is 0 Å². The molecule has 0 aliphatic heterocycles. The monoisotopic (exact) mass is 542 g/mol. The van der Waals surface area contributed by atoms with Crippen LogP contribution in [0, 0.1) is 0 Å². The van der Waals surface area contributed by atoms with Crippen LogP contribution in [-0.2, 0) is 19.1 Å². The minimum Gasteiger partial charge on any atom is -0.494 e. The maximum atomic E-state index is 11.8. The van der Waals surface area contributed by atoms with Gasteiger partial charge in [-0.3, -0.25) is 0 Å². The van der Waals surface area contributed by atoms with Gasteiger partial charge in [0.1, 0.15) is 11.5 Å². The Morgan fingerprint density at radius 1 is 0.650 bits per heavy atom. The number of esters is 2. The van der Waals surface area contributed by atoms with Crippen LogP contribution in [0.15, 0.2) is 97.1 Å². The summed E-state index contributed by atoms with van der Waals surface area (Å²) < 4.78 is 21.9. The molecule has 0 N–H and O–H groups in total. The third kappa shape index (κ3) is 11.6. The van der Waals surface area contributed by atoms with Gasteiger partial charge in [0.2, 0.25) is 0 Å². The summed E-state index contributed by atoms with van der Waals surface area (Å²) in [5.41, 5.74) is 3.57. The lowest BCUT2D eigenvalue weighted by Gasteiger charge is -2.09. The molecule has 0 aliphatic carbocycles. The second kappa shape index (κ2) is 17.3. The highest BCUT2D eigenvalue weighted by molar-refractivity contribution is 5.87. The molecule has 3 aromatic carbocycles. The van der Waals surface area contributed by atoms with E-state index in [4.69, 9.17) is 18.9 Å². The van der Waals surface area contributed by atoms with Gasteiger partial charge >= 0.3 is 11.9 Å². The smallest absolute Gasteiger partial charge is 0.333 e. The highest BCUT2D eigenvalue weighted by Gasteiger charge is 2.03. The van der Waals surface area contributed by atoms with Gasteiger partial charge < -0.3 is 18.9 Å². The Bertz CT molecular complexity index is 1210. The number of carbonyl (C=O) groups excluding carboxylic acids is 2. The van der Waals surface area contributed by atoms with Crippen LogP contribution in [0.2, 0.25) is 0 Å². The normalized spacial score (nSPS) is 10.7. The van der Waals surface area contributed by atoms with E-state index >= 15 is 0 Å². The molecule has 210 valence electrons. The summed E-state index contributed by atoms with van der Waals surface area (Å²) in [5.74, 6) is 0.930. The average Bonchev–Trinajstić information content (AvgIpc) is 2.98. The van der Waals surface area contributed by atoms with Crippen molar-refractivity contribution in [3.05, 3.63) is 103 Å².